The molecule has 2 heterocycles. The molecule has 1 atom stereocenters. The zero-order valence-electron chi connectivity index (χ0n) is 10.5. The van der Waals surface area contributed by atoms with E-state index in [9.17, 15) is 9.59 Å². The number of rotatable bonds is 5. The average Bonchev–Trinajstić information content (AvgIpc) is 2.94. The van der Waals surface area contributed by atoms with Crippen molar-refractivity contribution in [1.29, 1.82) is 0 Å². The predicted molar refractivity (Wildman–Crippen MR) is 65.9 cm³/mol. The van der Waals surface area contributed by atoms with Gasteiger partial charge >= 0.3 is 18.2 Å². The highest BCUT2D eigenvalue weighted by atomic mass is 16.6. The third-order valence-corrected chi connectivity index (χ3v) is 2.26. The van der Waals surface area contributed by atoms with Crippen molar-refractivity contribution in [3.63, 3.8) is 0 Å². The fourth-order valence-corrected chi connectivity index (χ4v) is 1.32. The number of fused-ring (bicyclic) bond motifs is 1. The number of ether oxygens (including phenoxy) is 2. The van der Waals surface area contributed by atoms with Gasteiger partial charge in [0.25, 0.3) is 5.88 Å². The number of nitrogens with zero attached hydrogens (tertiary/aromatic N) is 5. The fourth-order valence-electron chi connectivity index (χ4n) is 1.32. The summed E-state index contributed by atoms with van der Waals surface area (Å²) in [7, 11) is 0. The maximum Gasteiger partial charge on any atom is 0.413 e. The van der Waals surface area contributed by atoms with Crippen molar-refractivity contribution >= 4 is 29.3 Å². The van der Waals surface area contributed by atoms with E-state index in [0.29, 0.717) is 17.4 Å². The van der Waals surface area contributed by atoms with E-state index in [1.54, 1.807) is 0 Å². The Morgan fingerprint density at radius 1 is 1.48 bits per heavy atom. The Balaban J connectivity index is 1.99. The van der Waals surface area contributed by atoms with Crippen LogP contribution in [-0.2, 0) is 14.3 Å². The summed E-state index contributed by atoms with van der Waals surface area (Å²) in [5.74, 6) is -1.85. The topological polar surface area (TPSA) is 169 Å². The highest BCUT2D eigenvalue weighted by Crippen LogP contribution is 2.17. The van der Waals surface area contributed by atoms with Crippen LogP contribution in [-0.4, -0.2) is 55.5 Å². The number of carbonyl (C=O) groups excluding carboxylic acids is 2. The van der Waals surface area contributed by atoms with Gasteiger partial charge in [0.05, 0.1) is 6.33 Å². The first-order valence-corrected chi connectivity index (χ1v) is 5.57. The summed E-state index contributed by atoms with van der Waals surface area (Å²) in [6.07, 6.45) is 3.07. The number of esters is 2. The fraction of sp³-hybridized carbons (Fsp3) is 0.200. The Labute approximate surface area is 116 Å². The number of aromatic nitrogens is 4. The standard InChI is InChI=1S/C10H9N7O4/c11-5(2-20-6(18)1-17-12)10(19)21-9-7-8(14-3-13-7)15-4-16-9/h1,3-5H,2,11H2,(H,13,14,15,16)/t5-/m0/s1. The minimum Gasteiger partial charge on any atom is -0.455 e. The van der Waals surface area contributed by atoms with Crippen LogP contribution >= 0.6 is 0 Å². The highest BCUT2D eigenvalue weighted by Gasteiger charge is 2.20. The molecule has 0 saturated heterocycles. The van der Waals surface area contributed by atoms with E-state index in [0.717, 1.165) is 0 Å². The lowest BCUT2D eigenvalue weighted by molar-refractivity contribution is -0.143. The summed E-state index contributed by atoms with van der Waals surface area (Å²) >= 11 is 0. The zero-order valence-corrected chi connectivity index (χ0v) is 10.5. The molecular weight excluding hydrogens is 282 g/mol. The number of carbonyl (C=O) groups is 2. The van der Waals surface area contributed by atoms with Crippen LogP contribution in [0.1, 0.15) is 0 Å². The molecule has 21 heavy (non-hydrogen) atoms. The summed E-state index contributed by atoms with van der Waals surface area (Å²) in [6.45, 7) is -0.444. The quantitative estimate of drug-likeness (QED) is 0.288. The Morgan fingerprint density at radius 3 is 3.05 bits per heavy atom. The van der Waals surface area contributed by atoms with Gasteiger partial charge in [-0.3, -0.25) is 0 Å². The van der Waals surface area contributed by atoms with Crippen LogP contribution in [0.15, 0.2) is 12.7 Å². The molecule has 3 N–H and O–H groups in total. The molecule has 2 rings (SSSR count). The van der Waals surface area contributed by atoms with Crippen LogP contribution in [0.4, 0.5) is 0 Å². The summed E-state index contributed by atoms with van der Waals surface area (Å²) in [5, 5.41) is 0. The Morgan fingerprint density at radius 2 is 2.29 bits per heavy atom. The number of H-pyrrole nitrogens is 1. The van der Waals surface area contributed by atoms with Crippen molar-refractivity contribution in [3.05, 3.63) is 18.2 Å². The maximum atomic E-state index is 11.7. The van der Waals surface area contributed by atoms with Crippen LogP contribution in [0, 0.1) is 0 Å². The normalized spacial score (nSPS) is 11.5. The second-order valence-electron chi connectivity index (χ2n) is 3.68. The van der Waals surface area contributed by atoms with Crippen molar-refractivity contribution in [2.75, 3.05) is 6.61 Å². The van der Waals surface area contributed by atoms with Gasteiger partial charge in [0.15, 0.2) is 5.65 Å². The van der Waals surface area contributed by atoms with Gasteiger partial charge in [0, 0.05) is 0 Å². The number of nitrogens with two attached hydrogens (primary N) is 1. The van der Waals surface area contributed by atoms with Crippen molar-refractivity contribution < 1.29 is 23.9 Å². The Bertz CT molecular complexity index is 721. The van der Waals surface area contributed by atoms with E-state index >= 15 is 0 Å². The van der Waals surface area contributed by atoms with Crippen LogP contribution in [0.3, 0.4) is 0 Å². The Kier molecular flexibility index (Phi) is 4.29. The smallest absolute Gasteiger partial charge is 0.413 e. The molecule has 0 fully saturated rings. The first-order valence-electron chi connectivity index (χ1n) is 5.57. The molecule has 11 nitrogen and oxygen atoms in total. The van der Waals surface area contributed by atoms with Gasteiger partial charge in [0.1, 0.15) is 24.5 Å². The SMILES string of the molecule is [N-]=[N+]=CC(=O)OC[C@H](N)C(=O)Oc1ncnc2nc[nH]c12. The van der Waals surface area contributed by atoms with E-state index in [-0.39, 0.29) is 5.88 Å². The summed E-state index contributed by atoms with van der Waals surface area (Å²) in [6, 6.07) is -1.23. The monoisotopic (exact) mass is 291 g/mol. The van der Waals surface area contributed by atoms with Crippen LogP contribution < -0.4 is 10.5 Å². The molecule has 0 aromatic carbocycles. The number of aromatic amines is 1. The van der Waals surface area contributed by atoms with E-state index in [1.807, 2.05) is 0 Å². The van der Waals surface area contributed by atoms with Crippen molar-refractivity contribution in [2.24, 2.45) is 5.73 Å². The third-order valence-electron chi connectivity index (χ3n) is 2.26. The molecule has 0 unspecified atom stereocenters. The zero-order chi connectivity index (χ0) is 15.2. The number of hydrogen-bond acceptors (Lipinski definition) is 8. The molecule has 108 valence electrons. The van der Waals surface area contributed by atoms with E-state index in [1.165, 1.54) is 12.7 Å². The van der Waals surface area contributed by atoms with E-state index in [4.69, 9.17) is 16.0 Å². The molecule has 11 heteroatoms. The molecule has 0 aliphatic rings. The lowest BCUT2D eigenvalue weighted by atomic mass is 10.3. The largest absolute Gasteiger partial charge is 0.455 e. The third kappa shape index (κ3) is 3.43. The molecule has 0 amide bonds. The molecule has 0 aliphatic heterocycles. The molecule has 0 radical (unpaired) electrons. The summed E-state index contributed by atoms with van der Waals surface area (Å²) in [5.41, 5.74) is 14.3. The number of nitrogens with one attached hydrogen (secondary N) is 1. The minimum atomic E-state index is -1.23. The van der Waals surface area contributed by atoms with Gasteiger partial charge in [-0.05, 0) is 0 Å². The Hall–Kier alpha value is -3.17. The van der Waals surface area contributed by atoms with Gasteiger partial charge in [-0.1, -0.05) is 0 Å². The van der Waals surface area contributed by atoms with Crippen molar-refractivity contribution in [2.45, 2.75) is 6.04 Å². The lowest BCUT2D eigenvalue weighted by Crippen LogP contribution is -2.39. The molecule has 2 aromatic heterocycles. The molecule has 0 aliphatic carbocycles. The first kappa shape index (κ1) is 14.2. The van der Waals surface area contributed by atoms with Gasteiger partial charge in [-0.15, -0.1) is 0 Å². The van der Waals surface area contributed by atoms with Gasteiger partial charge in [0.2, 0.25) is 0 Å². The number of hydrogen-bond donors (Lipinski definition) is 2. The molecule has 0 spiro atoms. The van der Waals surface area contributed by atoms with Crippen LogP contribution in [0.5, 0.6) is 5.88 Å². The minimum absolute atomic E-state index is 0.0406. The van der Waals surface area contributed by atoms with E-state index < -0.39 is 24.6 Å². The van der Waals surface area contributed by atoms with Crippen molar-refractivity contribution in [1.82, 2.24) is 19.9 Å². The second kappa shape index (κ2) is 6.32. The average molecular weight is 291 g/mol. The lowest BCUT2D eigenvalue weighted by Gasteiger charge is -2.09. The van der Waals surface area contributed by atoms with E-state index in [2.05, 4.69) is 29.5 Å². The summed E-state index contributed by atoms with van der Waals surface area (Å²) < 4.78 is 9.53. The van der Waals surface area contributed by atoms with Gasteiger partial charge in [-0.2, -0.15) is 9.77 Å². The van der Waals surface area contributed by atoms with Crippen molar-refractivity contribution in [3.8, 4) is 5.88 Å². The van der Waals surface area contributed by atoms with Crippen LogP contribution in [0.25, 0.3) is 16.7 Å². The maximum absolute atomic E-state index is 11.7. The molecular formula is C10H9N7O4. The van der Waals surface area contributed by atoms with Gasteiger partial charge < -0.3 is 25.7 Å². The van der Waals surface area contributed by atoms with Gasteiger partial charge in [-0.25, -0.2) is 19.6 Å². The second-order valence-corrected chi connectivity index (χ2v) is 3.68. The number of imidazole rings is 1. The summed E-state index contributed by atoms with van der Waals surface area (Å²) in [4.78, 5) is 39.3. The molecule has 0 saturated carbocycles. The predicted octanol–water partition coefficient (Wildman–Crippen LogP) is -1.57. The molecule has 2 aromatic rings. The highest BCUT2D eigenvalue weighted by molar-refractivity contribution is 6.20. The van der Waals surface area contributed by atoms with Crippen LogP contribution in [0.2, 0.25) is 0 Å². The molecule has 0 bridgehead atoms. The first-order chi connectivity index (χ1) is 10.1.